The third-order valence-electron chi connectivity index (χ3n) is 2.40. The van der Waals surface area contributed by atoms with E-state index >= 15 is 0 Å². The van der Waals surface area contributed by atoms with Crippen LogP contribution in [0.1, 0.15) is 18.4 Å². The molecule has 1 aromatic rings. The number of aliphatic hydroxyl groups is 1. The number of rotatable bonds is 3. The zero-order valence-electron chi connectivity index (χ0n) is 7.57. The Labute approximate surface area is 83.2 Å². The van der Waals surface area contributed by atoms with Crippen LogP contribution in [0, 0.1) is 0 Å². The molecule has 1 N–H and O–H groups in total. The van der Waals surface area contributed by atoms with Gasteiger partial charge in [0.1, 0.15) is 0 Å². The summed E-state index contributed by atoms with van der Waals surface area (Å²) >= 11 is 1.96. The van der Waals surface area contributed by atoms with Crippen LogP contribution >= 0.6 is 11.8 Å². The Morgan fingerprint density at radius 2 is 2.23 bits per heavy atom. The van der Waals surface area contributed by atoms with E-state index in [-0.39, 0.29) is 0 Å². The van der Waals surface area contributed by atoms with Crippen LogP contribution in [0.15, 0.2) is 29.2 Å². The second kappa shape index (κ2) is 4.16. The molecule has 70 valence electrons. The summed E-state index contributed by atoms with van der Waals surface area (Å²) < 4.78 is 0. The topological polar surface area (TPSA) is 20.2 Å². The SMILES string of the molecule is OCCCC1Cc2ccccc2S1. The molecule has 1 nitrogen and oxygen atoms in total. The van der Waals surface area contributed by atoms with Gasteiger partial charge in [0.2, 0.25) is 0 Å². The molecule has 0 aromatic heterocycles. The molecule has 0 bridgehead atoms. The lowest BCUT2D eigenvalue weighted by Gasteiger charge is -2.05. The van der Waals surface area contributed by atoms with Crippen LogP contribution in [0.4, 0.5) is 0 Å². The Kier molecular flexibility index (Phi) is 2.91. The predicted molar refractivity (Wildman–Crippen MR) is 56.1 cm³/mol. The molecule has 0 saturated carbocycles. The molecule has 0 radical (unpaired) electrons. The minimum Gasteiger partial charge on any atom is -0.396 e. The third kappa shape index (κ3) is 2.06. The van der Waals surface area contributed by atoms with Crippen molar-refractivity contribution in [2.24, 2.45) is 0 Å². The lowest BCUT2D eigenvalue weighted by molar-refractivity contribution is 0.284. The molecule has 1 aliphatic heterocycles. The van der Waals surface area contributed by atoms with Gasteiger partial charge in [0, 0.05) is 16.8 Å². The first-order valence-corrected chi connectivity index (χ1v) is 5.63. The second-order valence-corrected chi connectivity index (χ2v) is 4.76. The first-order chi connectivity index (χ1) is 6.40. The van der Waals surface area contributed by atoms with E-state index < -0.39 is 0 Å². The molecule has 1 unspecified atom stereocenters. The van der Waals surface area contributed by atoms with E-state index in [1.54, 1.807) is 0 Å². The first-order valence-electron chi connectivity index (χ1n) is 4.75. The van der Waals surface area contributed by atoms with Gasteiger partial charge < -0.3 is 5.11 Å². The van der Waals surface area contributed by atoms with E-state index in [4.69, 9.17) is 5.11 Å². The largest absolute Gasteiger partial charge is 0.396 e. The van der Waals surface area contributed by atoms with Crippen LogP contribution < -0.4 is 0 Å². The van der Waals surface area contributed by atoms with Gasteiger partial charge in [-0.15, -0.1) is 11.8 Å². The highest BCUT2D eigenvalue weighted by atomic mass is 32.2. The van der Waals surface area contributed by atoms with Gasteiger partial charge >= 0.3 is 0 Å². The number of hydrogen-bond acceptors (Lipinski definition) is 2. The molecule has 0 aliphatic carbocycles. The van der Waals surface area contributed by atoms with E-state index in [1.807, 2.05) is 11.8 Å². The molecular formula is C11H14OS. The van der Waals surface area contributed by atoms with Crippen molar-refractivity contribution in [1.29, 1.82) is 0 Å². The van der Waals surface area contributed by atoms with Crippen molar-refractivity contribution >= 4 is 11.8 Å². The Balaban J connectivity index is 1.97. The maximum atomic E-state index is 8.73. The highest BCUT2D eigenvalue weighted by Crippen LogP contribution is 2.38. The summed E-state index contributed by atoms with van der Waals surface area (Å²) in [7, 11) is 0. The van der Waals surface area contributed by atoms with Crippen molar-refractivity contribution < 1.29 is 5.11 Å². The number of fused-ring (bicyclic) bond motifs is 1. The monoisotopic (exact) mass is 194 g/mol. The lowest BCUT2D eigenvalue weighted by atomic mass is 10.1. The lowest BCUT2D eigenvalue weighted by Crippen LogP contribution is -2.01. The molecule has 1 heterocycles. The van der Waals surface area contributed by atoms with Crippen molar-refractivity contribution in [2.45, 2.75) is 29.4 Å². The zero-order chi connectivity index (χ0) is 9.10. The van der Waals surface area contributed by atoms with Gasteiger partial charge in [0.05, 0.1) is 0 Å². The van der Waals surface area contributed by atoms with Gasteiger partial charge in [-0.2, -0.15) is 0 Å². The third-order valence-corrected chi connectivity index (χ3v) is 3.79. The smallest absolute Gasteiger partial charge is 0.0431 e. The summed E-state index contributed by atoms with van der Waals surface area (Å²) in [6.07, 6.45) is 3.25. The fraction of sp³-hybridized carbons (Fsp3) is 0.455. The van der Waals surface area contributed by atoms with E-state index in [9.17, 15) is 0 Å². The van der Waals surface area contributed by atoms with E-state index in [2.05, 4.69) is 24.3 Å². The maximum Gasteiger partial charge on any atom is 0.0431 e. The summed E-state index contributed by atoms with van der Waals surface area (Å²) in [5.41, 5.74) is 1.48. The van der Waals surface area contributed by atoms with Gasteiger partial charge in [-0.1, -0.05) is 18.2 Å². The van der Waals surface area contributed by atoms with Gasteiger partial charge in [0.25, 0.3) is 0 Å². The molecule has 2 heteroatoms. The minimum absolute atomic E-state index is 0.327. The maximum absolute atomic E-state index is 8.73. The summed E-state index contributed by atoms with van der Waals surface area (Å²) in [5.74, 6) is 0. The normalized spacial score (nSPS) is 20.2. The molecule has 1 aliphatic rings. The Morgan fingerprint density at radius 1 is 1.38 bits per heavy atom. The zero-order valence-corrected chi connectivity index (χ0v) is 8.39. The molecule has 0 amide bonds. The van der Waals surface area contributed by atoms with Crippen LogP contribution in [0.25, 0.3) is 0 Å². The Bertz CT molecular complexity index is 260. The van der Waals surface area contributed by atoms with Crippen LogP contribution in [0.2, 0.25) is 0 Å². The van der Waals surface area contributed by atoms with E-state index in [0.29, 0.717) is 11.9 Å². The Morgan fingerprint density at radius 3 is 3.00 bits per heavy atom. The van der Waals surface area contributed by atoms with Crippen molar-refractivity contribution in [3.63, 3.8) is 0 Å². The number of hydrogen-bond donors (Lipinski definition) is 1. The molecule has 0 saturated heterocycles. The number of thioether (sulfide) groups is 1. The molecular weight excluding hydrogens is 180 g/mol. The summed E-state index contributed by atoms with van der Waals surface area (Å²) in [4.78, 5) is 1.44. The van der Waals surface area contributed by atoms with Crippen LogP contribution in [0.5, 0.6) is 0 Å². The fourth-order valence-electron chi connectivity index (χ4n) is 1.73. The van der Waals surface area contributed by atoms with Gasteiger partial charge in [-0.05, 0) is 30.9 Å². The van der Waals surface area contributed by atoms with Crippen molar-refractivity contribution in [3.8, 4) is 0 Å². The van der Waals surface area contributed by atoms with Crippen molar-refractivity contribution in [1.82, 2.24) is 0 Å². The summed E-state index contributed by atoms with van der Waals surface area (Å²) in [5, 5.41) is 9.43. The van der Waals surface area contributed by atoms with Crippen LogP contribution in [0.3, 0.4) is 0 Å². The van der Waals surface area contributed by atoms with Crippen LogP contribution in [-0.2, 0) is 6.42 Å². The highest BCUT2D eigenvalue weighted by Gasteiger charge is 2.20. The molecule has 2 rings (SSSR count). The summed E-state index contributed by atoms with van der Waals surface area (Å²) in [6, 6.07) is 8.61. The standard InChI is InChI=1S/C11H14OS/c12-7-3-5-10-8-9-4-1-2-6-11(9)13-10/h1-2,4,6,10,12H,3,5,7-8H2. The van der Waals surface area contributed by atoms with Gasteiger partial charge in [0.15, 0.2) is 0 Å². The quantitative estimate of drug-likeness (QED) is 0.797. The minimum atomic E-state index is 0.327. The molecule has 0 fully saturated rings. The first kappa shape index (κ1) is 9.10. The number of benzene rings is 1. The molecule has 13 heavy (non-hydrogen) atoms. The van der Waals surface area contributed by atoms with Crippen LogP contribution in [-0.4, -0.2) is 17.0 Å². The second-order valence-electron chi connectivity index (χ2n) is 3.42. The van der Waals surface area contributed by atoms with E-state index in [1.165, 1.54) is 16.9 Å². The van der Waals surface area contributed by atoms with E-state index in [0.717, 1.165) is 12.8 Å². The molecule has 1 atom stereocenters. The molecule has 1 aromatic carbocycles. The summed E-state index contributed by atoms with van der Waals surface area (Å²) in [6.45, 7) is 0.327. The average molecular weight is 194 g/mol. The fourth-order valence-corrected chi connectivity index (χ4v) is 3.10. The Hall–Kier alpha value is -0.470. The van der Waals surface area contributed by atoms with Crippen molar-refractivity contribution in [2.75, 3.05) is 6.61 Å². The average Bonchev–Trinajstić information content (AvgIpc) is 2.57. The number of aliphatic hydroxyl groups excluding tert-OH is 1. The van der Waals surface area contributed by atoms with Gasteiger partial charge in [-0.3, -0.25) is 0 Å². The van der Waals surface area contributed by atoms with Gasteiger partial charge in [-0.25, -0.2) is 0 Å². The highest BCUT2D eigenvalue weighted by molar-refractivity contribution is 8.00. The molecule has 0 spiro atoms. The van der Waals surface area contributed by atoms with Crippen molar-refractivity contribution in [3.05, 3.63) is 29.8 Å². The predicted octanol–water partition coefficient (Wildman–Crippen LogP) is 2.48.